The van der Waals surface area contributed by atoms with Gasteiger partial charge < -0.3 is 24.8 Å². The molecular weight excluding hydrogens is 537 g/mol. The van der Waals surface area contributed by atoms with Gasteiger partial charge >= 0.3 is 0 Å². The van der Waals surface area contributed by atoms with Crippen LogP contribution < -0.4 is 10.6 Å². The van der Waals surface area contributed by atoms with Crippen molar-refractivity contribution in [3.63, 3.8) is 0 Å². The molecule has 2 N–H and O–H groups in total. The Bertz CT molecular complexity index is 1260. The summed E-state index contributed by atoms with van der Waals surface area (Å²) in [4.78, 5) is 23.4. The molecule has 2 aliphatic carbocycles. The highest BCUT2D eigenvalue weighted by Gasteiger charge is 2.38. The first-order valence-electron chi connectivity index (χ1n) is 13.4. The van der Waals surface area contributed by atoms with E-state index in [1.54, 1.807) is 18.2 Å². The predicted molar refractivity (Wildman–Crippen MR) is 152 cm³/mol. The number of carbonyl (C=O) groups is 1. The highest BCUT2D eigenvalue weighted by Crippen LogP contribution is 2.29. The van der Waals surface area contributed by atoms with Gasteiger partial charge in [0.2, 0.25) is 5.91 Å². The monoisotopic (exact) mass is 569 g/mol. The highest BCUT2D eigenvalue weighted by atomic mass is 35.5. The van der Waals surface area contributed by atoms with E-state index in [2.05, 4.69) is 32.2 Å². The van der Waals surface area contributed by atoms with E-state index in [9.17, 15) is 9.18 Å². The van der Waals surface area contributed by atoms with Crippen LogP contribution in [0.4, 0.5) is 4.39 Å². The molecule has 0 saturated carbocycles. The molecular formula is C29H33ClFN5O4. The fraction of sp³-hybridized carbons (Fsp3) is 0.414. The van der Waals surface area contributed by atoms with Crippen molar-refractivity contribution < 1.29 is 23.4 Å². The lowest BCUT2D eigenvalue weighted by Gasteiger charge is -2.25. The maximum atomic E-state index is 13.9. The molecule has 3 fully saturated rings. The van der Waals surface area contributed by atoms with Gasteiger partial charge in [-0.3, -0.25) is 14.7 Å². The average molecular weight is 570 g/mol. The van der Waals surface area contributed by atoms with Gasteiger partial charge in [0.25, 0.3) is 0 Å². The molecule has 5 rings (SSSR count). The number of amides is 1. The zero-order valence-corrected chi connectivity index (χ0v) is 22.9. The number of nitrogens with zero attached hydrogens (tertiary/aromatic N) is 3. The molecule has 3 saturated heterocycles. The van der Waals surface area contributed by atoms with Crippen molar-refractivity contribution in [3.8, 4) is 0 Å². The lowest BCUT2D eigenvalue weighted by Crippen LogP contribution is -2.37. The molecule has 40 heavy (non-hydrogen) atoms. The minimum Gasteiger partial charge on any atom is -0.486 e. The van der Waals surface area contributed by atoms with Gasteiger partial charge in [-0.25, -0.2) is 9.38 Å². The number of halogens is 2. The maximum absolute atomic E-state index is 13.9. The number of aliphatic imine (C=N–C) groups is 2. The van der Waals surface area contributed by atoms with Crippen LogP contribution in [0.2, 0.25) is 0 Å². The van der Waals surface area contributed by atoms with Crippen molar-refractivity contribution in [3.05, 3.63) is 81.9 Å². The van der Waals surface area contributed by atoms with Gasteiger partial charge in [-0.05, 0) is 43.9 Å². The molecule has 9 nitrogen and oxygen atoms in total. The maximum Gasteiger partial charge on any atom is 0.248 e. The summed E-state index contributed by atoms with van der Waals surface area (Å²) in [6.45, 7) is 6.96. The van der Waals surface area contributed by atoms with E-state index in [1.807, 2.05) is 18.2 Å². The Balaban J connectivity index is 1.34. The Hall–Kier alpha value is -3.31. The molecule has 5 aliphatic rings. The van der Waals surface area contributed by atoms with E-state index in [0.717, 1.165) is 31.6 Å². The number of rotatable bonds is 10. The topological polar surface area (TPSA) is 96.8 Å². The van der Waals surface area contributed by atoms with Crippen molar-refractivity contribution in [2.75, 3.05) is 32.9 Å². The smallest absolute Gasteiger partial charge is 0.248 e. The molecule has 0 aromatic carbocycles. The number of hydrogen-bond donors (Lipinski definition) is 2. The quantitative estimate of drug-likeness (QED) is 0.235. The average Bonchev–Trinajstić information content (AvgIpc) is 3.70. The fourth-order valence-corrected chi connectivity index (χ4v) is 5.25. The number of allylic oxidation sites excluding steroid dienone is 8. The van der Waals surface area contributed by atoms with Crippen LogP contribution in [-0.2, 0) is 19.0 Å². The van der Waals surface area contributed by atoms with Gasteiger partial charge in [-0.15, -0.1) is 0 Å². The van der Waals surface area contributed by atoms with E-state index < -0.39 is 5.83 Å². The number of ether oxygens (including phenoxy) is 3. The van der Waals surface area contributed by atoms with E-state index in [-0.39, 0.29) is 17.0 Å². The predicted octanol–water partition coefficient (Wildman–Crippen LogP) is 3.90. The summed E-state index contributed by atoms with van der Waals surface area (Å²) in [7, 11) is 0. The first-order valence-corrected chi connectivity index (χ1v) is 13.8. The molecule has 0 radical (unpaired) electrons. The second-order valence-electron chi connectivity index (χ2n) is 10.0. The van der Waals surface area contributed by atoms with Crippen LogP contribution in [0.25, 0.3) is 0 Å². The van der Waals surface area contributed by atoms with Crippen molar-refractivity contribution in [2.45, 2.75) is 43.9 Å². The third kappa shape index (κ3) is 7.25. The molecule has 3 atom stereocenters. The van der Waals surface area contributed by atoms with Crippen LogP contribution in [0.1, 0.15) is 25.7 Å². The third-order valence-corrected chi connectivity index (χ3v) is 7.50. The van der Waals surface area contributed by atoms with Crippen LogP contribution >= 0.6 is 11.6 Å². The molecule has 3 unspecified atom stereocenters. The summed E-state index contributed by atoms with van der Waals surface area (Å²) in [6, 6.07) is 0.432. The van der Waals surface area contributed by atoms with Crippen LogP contribution in [0.5, 0.6) is 0 Å². The van der Waals surface area contributed by atoms with Gasteiger partial charge in [-0.1, -0.05) is 23.8 Å². The first kappa shape index (κ1) is 28.2. The summed E-state index contributed by atoms with van der Waals surface area (Å²) in [5.74, 6) is 0.286. The van der Waals surface area contributed by atoms with Gasteiger partial charge in [0, 0.05) is 49.3 Å². The van der Waals surface area contributed by atoms with E-state index in [4.69, 9.17) is 25.8 Å². The minimum absolute atomic E-state index is 0.0558. The summed E-state index contributed by atoms with van der Waals surface area (Å²) in [5.41, 5.74) is 1.97. The Morgan fingerprint density at radius 1 is 1.27 bits per heavy atom. The number of nitrogens with one attached hydrogen (secondary N) is 2. The fourth-order valence-electron chi connectivity index (χ4n) is 5.11. The highest BCUT2D eigenvalue weighted by molar-refractivity contribution is 6.31. The summed E-state index contributed by atoms with van der Waals surface area (Å²) >= 11 is 5.95. The van der Waals surface area contributed by atoms with Crippen molar-refractivity contribution in [1.82, 2.24) is 15.5 Å². The third-order valence-electron chi connectivity index (χ3n) is 7.17. The minimum atomic E-state index is -0.509. The molecule has 0 spiro atoms. The summed E-state index contributed by atoms with van der Waals surface area (Å²) in [5, 5.41) is 6.28. The van der Waals surface area contributed by atoms with Gasteiger partial charge in [-0.2, -0.15) is 0 Å². The zero-order chi connectivity index (χ0) is 27.9. The van der Waals surface area contributed by atoms with E-state index in [1.165, 1.54) is 12.4 Å². The van der Waals surface area contributed by atoms with Gasteiger partial charge in [0.15, 0.2) is 0 Å². The Labute approximate surface area is 238 Å². The normalized spacial score (nSPS) is 28.1. The molecule has 0 aromatic heterocycles. The molecule has 1 amide bonds. The number of hydrogen-bond acceptors (Lipinski definition) is 7. The molecule has 2 bridgehead atoms. The van der Waals surface area contributed by atoms with Crippen LogP contribution in [-0.4, -0.2) is 75.0 Å². The molecule has 212 valence electrons. The van der Waals surface area contributed by atoms with Crippen LogP contribution in [0.15, 0.2) is 91.9 Å². The summed E-state index contributed by atoms with van der Waals surface area (Å²) < 4.78 is 31.2. The first-order chi connectivity index (χ1) is 19.5. The van der Waals surface area contributed by atoms with Crippen molar-refractivity contribution in [1.29, 1.82) is 0 Å². The van der Waals surface area contributed by atoms with Gasteiger partial charge in [0.05, 0.1) is 36.7 Å². The van der Waals surface area contributed by atoms with Crippen molar-refractivity contribution >= 4 is 30.6 Å². The van der Waals surface area contributed by atoms with Crippen LogP contribution in [0, 0.1) is 0 Å². The molecule has 11 heteroatoms. The molecule has 3 heterocycles. The van der Waals surface area contributed by atoms with E-state index in [0.29, 0.717) is 67.7 Å². The lowest BCUT2D eigenvalue weighted by atomic mass is 10.0. The SMILES string of the molecule is C=N/C=N\C(NC1=CC=C(F)C(Cl)=CC1)=C1\C=C(NC(=O)/C=C/CN2CC3CC2CO3)C(OC2CCOC2)=CC1. The van der Waals surface area contributed by atoms with E-state index >= 15 is 0 Å². The Morgan fingerprint density at radius 3 is 2.92 bits per heavy atom. The standard InChI is InChI=1S/C29H33ClFN5O4/c1-32-18-33-29(34-20-5-7-24(30)25(31)8-6-20)19-4-9-27(40-22-10-12-38-17-22)26(13-19)35-28(37)3-2-11-36-15-23-14-21(36)16-39-23/h2-3,6-9,13,18,21-23,34H,1,4-5,10-12,14-17H2,(H,35,37)/b3-2+,29-19-,33-18-. The number of likely N-dealkylation sites (tertiary alicyclic amines) is 1. The Morgan fingerprint density at radius 2 is 2.17 bits per heavy atom. The zero-order valence-electron chi connectivity index (χ0n) is 22.2. The second kappa shape index (κ2) is 13.4. The molecule has 3 aliphatic heterocycles. The lowest BCUT2D eigenvalue weighted by molar-refractivity contribution is -0.115. The molecule has 0 aromatic rings. The number of fused-ring (bicyclic) bond motifs is 2. The Kier molecular flexibility index (Phi) is 9.43. The number of morpholine rings is 1. The van der Waals surface area contributed by atoms with Gasteiger partial charge in [0.1, 0.15) is 29.8 Å². The largest absolute Gasteiger partial charge is 0.486 e. The van der Waals surface area contributed by atoms with Crippen molar-refractivity contribution in [2.24, 2.45) is 9.98 Å². The summed E-state index contributed by atoms with van der Waals surface area (Å²) in [6.07, 6.45) is 15.9. The second-order valence-corrected chi connectivity index (χ2v) is 10.4. The van der Waals surface area contributed by atoms with Crippen LogP contribution in [0.3, 0.4) is 0 Å². The number of carbonyl (C=O) groups excluding carboxylic acids is 1.